The highest BCUT2D eigenvalue weighted by Gasteiger charge is 2.38. The number of nitrogens with one attached hydrogen (secondary N) is 2. The van der Waals surface area contributed by atoms with Crippen LogP contribution in [0, 0.1) is 0 Å². The first kappa shape index (κ1) is 35.4. The van der Waals surface area contributed by atoms with Gasteiger partial charge in [0.2, 0.25) is 0 Å². The normalized spacial score (nSPS) is 12.5. The van der Waals surface area contributed by atoms with E-state index in [0.29, 0.717) is 0 Å². The highest BCUT2D eigenvalue weighted by Crippen LogP contribution is 2.16. The Morgan fingerprint density at radius 2 is 0.667 bits per heavy atom. The van der Waals surface area contributed by atoms with E-state index < -0.39 is 26.4 Å². The second-order valence-corrected chi connectivity index (χ2v) is 16.3. The maximum absolute atomic E-state index is 5.37. The fourth-order valence-corrected chi connectivity index (χ4v) is 8.30. The molecule has 202 valence electrons. The maximum Gasteiger partial charge on any atom is 0.500 e. The van der Waals surface area contributed by atoms with E-state index in [1.807, 2.05) is 7.05 Å². The van der Waals surface area contributed by atoms with Gasteiger partial charge in [-0.15, -0.1) is 0 Å². The minimum absolute atomic E-state index is 0.802. The van der Waals surface area contributed by atoms with Gasteiger partial charge in [0, 0.05) is 82.1 Å². The van der Waals surface area contributed by atoms with E-state index in [-0.39, 0.29) is 0 Å². The van der Waals surface area contributed by atoms with Gasteiger partial charge in [-0.2, -0.15) is 0 Å². The van der Waals surface area contributed by atoms with Crippen LogP contribution in [0.1, 0.15) is 19.3 Å². The molecule has 0 saturated carbocycles. The molecule has 0 aliphatic rings. The Labute approximate surface area is 205 Å². The Bertz CT molecular complexity index is 383. The Morgan fingerprint density at radius 1 is 0.424 bits per heavy atom. The fourth-order valence-electron chi connectivity index (χ4n) is 3.14. The topological polar surface area (TPSA) is 107 Å². The molecule has 0 fully saturated rings. The average molecular weight is 535 g/mol. The van der Waals surface area contributed by atoms with E-state index in [9.17, 15) is 0 Å². The van der Waals surface area contributed by atoms with Gasteiger partial charge < -0.3 is 50.5 Å². The van der Waals surface area contributed by atoms with Gasteiger partial charge in [0.25, 0.3) is 0 Å². The Balaban J connectivity index is 0. The molecular formula is C19H50N2O9Si3. The van der Waals surface area contributed by atoms with Gasteiger partial charge in [0.05, 0.1) is 0 Å². The summed E-state index contributed by atoms with van der Waals surface area (Å²) in [6.07, 6.45) is 2.91. The molecule has 0 atom stereocenters. The van der Waals surface area contributed by atoms with Gasteiger partial charge in [-0.05, 0) is 45.9 Å². The summed E-state index contributed by atoms with van der Waals surface area (Å²) >= 11 is 0. The summed E-state index contributed by atoms with van der Waals surface area (Å²) in [6, 6.07) is 2.46. The molecule has 14 heteroatoms. The SMILES string of the molecule is CNCCC[Si](OC)(OC)OC.CO[Si](CCCNCCC[Si](OC)(OC)OC)(OC)OC. The third-order valence-corrected chi connectivity index (χ3v) is 13.9. The summed E-state index contributed by atoms with van der Waals surface area (Å²) < 4.78 is 48.0. The average Bonchev–Trinajstić information content (AvgIpc) is 2.87. The van der Waals surface area contributed by atoms with E-state index in [1.165, 1.54) is 0 Å². The molecule has 0 heterocycles. The standard InChI is InChI=1S/C12H31NO6Si2.C7H19NO3Si/c1-14-20(15-2,16-3)11-7-9-13-10-8-12-21(17-4,18-5)19-6;1-8-6-5-7-12(9-2,10-3)11-4/h13H,7-12H2,1-6H3;8H,5-7H2,1-4H3. The largest absolute Gasteiger partial charge is 0.500 e. The molecule has 0 unspecified atom stereocenters. The fraction of sp³-hybridized carbons (Fsp3) is 1.00. The summed E-state index contributed by atoms with van der Waals surface area (Å²) in [7, 11) is 9.51. The predicted octanol–water partition coefficient (Wildman–Crippen LogP) is 1.59. The third kappa shape index (κ3) is 14.4. The van der Waals surface area contributed by atoms with Crippen LogP contribution in [0.25, 0.3) is 0 Å². The minimum Gasteiger partial charge on any atom is -0.377 e. The van der Waals surface area contributed by atoms with Crippen molar-refractivity contribution in [3.63, 3.8) is 0 Å². The second kappa shape index (κ2) is 21.5. The molecule has 0 saturated heterocycles. The first-order valence-corrected chi connectivity index (χ1v) is 16.9. The summed E-state index contributed by atoms with van der Waals surface area (Å²) in [5, 5.41) is 6.45. The Kier molecular flexibility index (Phi) is 23.0. The summed E-state index contributed by atoms with van der Waals surface area (Å²) in [5.41, 5.74) is 0. The number of hydrogen-bond acceptors (Lipinski definition) is 11. The van der Waals surface area contributed by atoms with E-state index in [2.05, 4.69) is 10.6 Å². The summed E-state index contributed by atoms with van der Waals surface area (Å²) in [6.45, 7) is 2.75. The monoisotopic (exact) mass is 534 g/mol. The van der Waals surface area contributed by atoms with Gasteiger partial charge >= 0.3 is 26.4 Å². The van der Waals surface area contributed by atoms with Crippen LogP contribution in [0.5, 0.6) is 0 Å². The van der Waals surface area contributed by atoms with E-state index in [0.717, 1.165) is 57.0 Å². The minimum atomic E-state index is -2.43. The zero-order chi connectivity index (χ0) is 25.6. The molecular weight excluding hydrogens is 484 g/mol. The van der Waals surface area contributed by atoms with Crippen LogP contribution < -0.4 is 10.6 Å². The molecule has 0 aromatic rings. The van der Waals surface area contributed by atoms with Crippen LogP contribution >= 0.6 is 0 Å². The zero-order valence-corrected chi connectivity index (χ0v) is 25.5. The van der Waals surface area contributed by atoms with Crippen molar-refractivity contribution in [2.45, 2.75) is 37.4 Å². The van der Waals surface area contributed by atoms with Crippen molar-refractivity contribution in [2.24, 2.45) is 0 Å². The van der Waals surface area contributed by atoms with Crippen molar-refractivity contribution in [1.29, 1.82) is 0 Å². The molecule has 0 bridgehead atoms. The van der Waals surface area contributed by atoms with Crippen LogP contribution in [0.3, 0.4) is 0 Å². The molecule has 0 radical (unpaired) electrons. The summed E-state index contributed by atoms with van der Waals surface area (Å²) in [5.74, 6) is 0. The van der Waals surface area contributed by atoms with Crippen LogP contribution in [0.2, 0.25) is 18.1 Å². The first-order valence-electron chi connectivity index (χ1n) is 11.1. The molecule has 0 amide bonds. The van der Waals surface area contributed by atoms with Gasteiger partial charge in [0.1, 0.15) is 0 Å². The summed E-state index contributed by atoms with van der Waals surface area (Å²) in [4.78, 5) is 0. The lowest BCUT2D eigenvalue weighted by Gasteiger charge is -2.25. The number of hydrogen-bond donors (Lipinski definition) is 2. The smallest absolute Gasteiger partial charge is 0.377 e. The highest BCUT2D eigenvalue weighted by atomic mass is 28.4. The van der Waals surface area contributed by atoms with Gasteiger partial charge in [-0.1, -0.05) is 0 Å². The van der Waals surface area contributed by atoms with Crippen molar-refractivity contribution >= 4 is 26.4 Å². The van der Waals surface area contributed by atoms with Gasteiger partial charge in [-0.25, -0.2) is 0 Å². The van der Waals surface area contributed by atoms with Crippen molar-refractivity contribution < 1.29 is 39.8 Å². The zero-order valence-electron chi connectivity index (χ0n) is 22.5. The lowest BCUT2D eigenvalue weighted by atomic mass is 10.4. The van der Waals surface area contributed by atoms with E-state index >= 15 is 0 Å². The third-order valence-electron chi connectivity index (χ3n) is 5.38. The van der Waals surface area contributed by atoms with E-state index in [1.54, 1.807) is 64.0 Å². The molecule has 33 heavy (non-hydrogen) atoms. The second-order valence-electron chi connectivity index (χ2n) is 7.05. The van der Waals surface area contributed by atoms with Crippen molar-refractivity contribution in [3.8, 4) is 0 Å². The Hall–Kier alpha value is 0.211. The molecule has 0 aromatic heterocycles. The van der Waals surface area contributed by atoms with Crippen LogP contribution in [-0.4, -0.2) is 117 Å². The molecule has 0 rings (SSSR count). The maximum atomic E-state index is 5.37. The van der Waals surface area contributed by atoms with Crippen LogP contribution in [0.4, 0.5) is 0 Å². The van der Waals surface area contributed by atoms with E-state index in [4.69, 9.17) is 39.8 Å². The van der Waals surface area contributed by atoms with Gasteiger partial charge in [-0.3, -0.25) is 0 Å². The predicted molar refractivity (Wildman–Crippen MR) is 135 cm³/mol. The van der Waals surface area contributed by atoms with Crippen molar-refractivity contribution in [1.82, 2.24) is 10.6 Å². The highest BCUT2D eigenvalue weighted by molar-refractivity contribution is 6.61. The molecule has 0 spiro atoms. The molecule has 0 aliphatic carbocycles. The molecule has 2 N–H and O–H groups in total. The van der Waals surface area contributed by atoms with Crippen molar-refractivity contribution in [2.75, 3.05) is 90.7 Å². The van der Waals surface area contributed by atoms with Crippen LogP contribution in [-0.2, 0) is 39.8 Å². The first-order chi connectivity index (χ1) is 15.8. The lowest BCUT2D eigenvalue weighted by Crippen LogP contribution is -2.43. The number of rotatable bonds is 21. The molecule has 0 aliphatic heterocycles. The molecule has 11 nitrogen and oxygen atoms in total. The van der Waals surface area contributed by atoms with Crippen molar-refractivity contribution in [3.05, 3.63) is 0 Å². The van der Waals surface area contributed by atoms with Crippen LogP contribution in [0.15, 0.2) is 0 Å². The quantitative estimate of drug-likeness (QED) is 0.166. The lowest BCUT2D eigenvalue weighted by molar-refractivity contribution is 0.122. The molecule has 0 aromatic carbocycles. The Morgan fingerprint density at radius 3 is 0.879 bits per heavy atom. The van der Waals surface area contributed by atoms with Gasteiger partial charge in [0.15, 0.2) is 0 Å².